The smallest absolute Gasteiger partial charge is 0.550 e. The van der Waals surface area contributed by atoms with Crippen LogP contribution in [0.2, 0.25) is 0 Å². The van der Waals surface area contributed by atoms with Gasteiger partial charge in [0.1, 0.15) is 5.60 Å². The molecule has 0 aromatic carbocycles. The average Bonchev–Trinajstić information content (AvgIpc) is 1.82. The molecule has 27 N–H and O–H groups in total. The number of aliphatic hydroxyl groups is 1. The molecule has 0 unspecified atom stereocenters. The fraction of sp³-hybridized carbons (Fsp3) is 0.500. The Bertz CT molecular complexity index is 249. The monoisotopic (exact) mass is 492 g/mol. The molecule has 0 aromatic rings. The molecule has 0 rings (SSSR count). The fourth-order valence-electron chi connectivity index (χ4n) is 0.684. The number of hydrogen-bond acceptors (Lipinski definition) is 7. The Morgan fingerprint density at radius 3 is 0.724 bits per heavy atom. The van der Waals surface area contributed by atoms with Crippen molar-refractivity contribution in [2.75, 3.05) is 0 Å². The summed E-state index contributed by atoms with van der Waals surface area (Å²) in [4.78, 5) is 30.0. The first kappa shape index (κ1) is 150. The van der Waals surface area contributed by atoms with Gasteiger partial charge in [0.15, 0.2) is 0 Å². The van der Waals surface area contributed by atoms with Crippen LogP contribution in [0.4, 0.5) is 0 Å². The molecule has 20 nitrogen and oxygen atoms in total. The molecule has 0 aliphatic rings. The predicted octanol–water partition coefficient (Wildman–Crippen LogP) is -25.0. The van der Waals surface area contributed by atoms with Crippen LogP contribution in [0.1, 0.15) is 12.8 Å². The summed E-state index contributed by atoms with van der Waals surface area (Å²) in [5.74, 6) is -5.98. The number of carboxylic acid groups (broad SMARTS) is 3. The minimum absolute atomic E-state index is 0. The Labute approximate surface area is 229 Å². The number of carboxylic acids is 3. The predicted molar refractivity (Wildman–Crippen MR) is 76.2 cm³/mol. The summed E-state index contributed by atoms with van der Waals surface area (Å²) in [6.07, 6.45) is -2.72. The Balaban J connectivity index is -0.00000000600. The van der Waals surface area contributed by atoms with E-state index >= 15 is 0 Å². The van der Waals surface area contributed by atoms with E-state index in [1.165, 1.54) is 0 Å². The Hall–Kier alpha value is 0.850. The van der Waals surface area contributed by atoms with Gasteiger partial charge in [-0.15, -0.1) is 0 Å². The first-order valence-electron chi connectivity index (χ1n) is 3.11. The van der Waals surface area contributed by atoms with E-state index in [1.54, 1.807) is 0 Å². The van der Waals surface area contributed by atoms with Crippen molar-refractivity contribution in [3.8, 4) is 0 Å². The van der Waals surface area contributed by atoms with E-state index in [0.717, 1.165) is 0 Å². The van der Waals surface area contributed by atoms with Crippen molar-refractivity contribution in [1.29, 1.82) is 0 Å². The van der Waals surface area contributed by atoms with Crippen molar-refractivity contribution < 1.29 is 195 Å². The molecule has 178 valence electrons. The van der Waals surface area contributed by atoms with E-state index in [4.69, 9.17) is 5.11 Å². The Kier molecular flexibility index (Phi) is 364. The first-order chi connectivity index (χ1) is 5.78. The third-order valence-corrected chi connectivity index (χ3v) is 1.25. The van der Waals surface area contributed by atoms with Crippen molar-refractivity contribution in [1.82, 2.24) is 0 Å². The van der Waals surface area contributed by atoms with Crippen LogP contribution in [0.15, 0.2) is 0 Å². The van der Waals surface area contributed by atoms with Gasteiger partial charge in [0.2, 0.25) is 0 Å². The number of carbonyl (C=O) groups is 3. The van der Waals surface area contributed by atoms with E-state index in [1.807, 2.05) is 0 Å². The van der Waals surface area contributed by atoms with Crippen LogP contribution < -0.4 is 104 Å². The van der Waals surface area contributed by atoms with Crippen molar-refractivity contribution in [2.45, 2.75) is 18.4 Å². The standard InChI is InChI=1S/C6H8O7.3Na.13H2O/c7-3(8)1-6(13,5(11)12)2-4(9)10;;;;;;;;;;;;;;;;/h13H,1-2H2,(H,7,8)(H,9,10)(H,11,12);;;;13*1H2/q;3*+1;;;;;;;;;;;;;/p-3. The second kappa shape index (κ2) is 70.2. The van der Waals surface area contributed by atoms with Gasteiger partial charge in [-0.25, -0.2) is 0 Å². The van der Waals surface area contributed by atoms with Gasteiger partial charge in [-0.2, -0.15) is 0 Å². The first-order valence-corrected chi connectivity index (χ1v) is 3.11. The maximum Gasteiger partial charge on any atom is 1.00 e. The van der Waals surface area contributed by atoms with Crippen molar-refractivity contribution in [3.05, 3.63) is 0 Å². The van der Waals surface area contributed by atoms with Gasteiger partial charge < -0.3 is 106 Å². The molecule has 0 amide bonds. The quantitative estimate of drug-likeness (QED) is 0.360. The number of hydrogen-bond donors (Lipinski definition) is 1. The molecule has 0 saturated heterocycles. The summed E-state index contributed by atoms with van der Waals surface area (Å²) in [6, 6.07) is 0. The summed E-state index contributed by atoms with van der Waals surface area (Å²) in [5, 5.41) is 38.9. The molecule has 0 spiro atoms. The van der Waals surface area contributed by atoms with Crippen molar-refractivity contribution in [3.63, 3.8) is 0 Å². The number of rotatable bonds is 5. The van der Waals surface area contributed by atoms with E-state index in [2.05, 4.69) is 0 Å². The molecule has 0 aliphatic carbocycles. The van der Waals surface area contributed by atoms with Gasteiger partial charge in [0.05, 0.1) is 5.97 Å². The third kappa shape index (κ3) is 73.3. The van der Waals surface area contributed by atoms with E-state index in [-0.39, 0.29) is 160 Å². The Morgan fingerprint density at radius 1 is 0.517 bits per heavy atom. The molecular formula is C6H31Na3O20. The summed E-state index contributed by atoms with van der Waals surface area (Å²) < 4.78 is 0. The zero-order valence-electron chi connectivity index (χ0n) is 15.8. The van der Waals surface area contributed by atoms with Gasteiger partial charge >= 0.3 is 88.7 Å². The van der Waals surface area contributed by atoms with Crippen molar-refractivity contribution in [2.24, 2.45) is 0 Å². The summed E-state index contributed by atoms with van der Waals surface area (Å²) in [5.41, 5.74) is -2.97. The molecule has 0 aromatic heterocycles. The van der Waals surface area contributed by atoms with Gasteiger partial charge in [-0.3, -0.25) is 0 Å². The summed E-state index contributed by atoms with van der Waals surface area (Å²) >= 11 is 0. The summed E-state index contributed by atoms with van der Waals surface area (Å²) in [6.45, 7) is 0. The van der Waals surface area contributed by atoms with Crippen molar-refractivity contribution >= 4 is 17.9 Å². The maximum atomic E-state index is 10.1. The third-order valence-electron chi connectivity index (χ3n) is 1.25. The molecule has 0 heterocycles. The van der Waals surface area contributed by atoms with Crippen LogP contribution in [0, 0.1) is 0 Å². The molecule has 0 saturated carbocycles. The molecule has 0 fully saturated rings. The summed E-state index contributed by atoms with van der Waals surface area (Å²) in [7, 11) is 0. The average molecular weight is 492 g/mol. The molecule has 0 bridgehead atoms. The molecule has 23 heteroatoms. The zero-order chi connectivity index (χ0) is 10.6. The van der Waals surface area contributed by atoms with E-state index in [0.29, 0.717) is 0 Å². The van der Waals surface area contributed by atoms with Crippen LogP contribution >= 0.6 is 0 Å². The molecule has 0 radical (unpaired) electrons. The van der Waals surface area contributed by atoms with Gasteiger partial charge in [0.25, 0.3) is 0 Å². The topological polar surface area (TPSA) is 550 Å². The number of aliphatic carboxylic acids is 3. The Morgan fingerprint density at radius 2 is 0.655 bits per heavy atom. The molecule has 0 atom stereocenters. The second-order valence-corrected chi connectivity index (χ2v) is 2.42. The zero-order valence-corrected chi connectivity index (χ0v) is 21.8. The molecule has 0 aliphatic heterocycles. The minimum atomic E-state index is -2.97. The maximum absolute atomic E-state index is 10.1. The number of carbonyl (C=O) groups excluding carboxylic acids is 3. The van der Waals surface area contributed by atoms with Crippen LogP contribution in [0.3, 0.4) is 0 Å². The van der Waals surface area contributed by atoms with Crippen LogP contribution in [0.25, 0.3) is 0 Å². The van der Waals surface area contributed by atoms with Gasteiger partial charge in [0, 0.05) is 24.8 Å². The largest absolute Gasteiger partial charge is 1.00 e. The fourth-order valence-corrected chi connectivity index (χ4v) is 0.684. The van der Waals surface area contributed by atoms with Gasteiger partial charge in [-0.1, -0.05) is 0 Å². The molecule has 29 heavy (non-hydrogen) atoms. The second-order valence-electron chi connectivity index (χ2n) is 2.42. The minimum Gasteiger partial charge on any atom is -0.550 e. The van der Waals surface area contributed by atoms with Crippen LogP contribution in [-0.4, -0.2) is 99.8 Å². The SMILES string of the molecule is O.O.O.O.O.O.O.O.O.O.O.O.O.O=C([O-])CC(O)(CC(=O)[O-])C(=O)[O-].[Na+].[Na+].[Na+]. The van der Waals surface area contributed by atoms with Crippen LogP contribution in [-0.2, 0) is 14.4 Å². The normalized spacial score (nSPS) is 4.86. The molecular weight excluding hydrogens is 461 g/mol. The van der Waals surface area contributed by atoms with E-state index in [9.17, 15) is 29.7 Å². The van der Waals surface area contributed by atoms with Crippen LogP contribution in [0.5, 0.6) is 0 Å². The van der Waals surface area contributed by atoms with Gasteiger partial charge in [-0.05, 0) is 0 Å². The van der Waals surface area contributed by atoms with E-state index < -0.39 is 36.4 Å².